The van der Waals surface area contributed by atoms with E-state index in [-0.39, 0.29) is 16.7 Å². The van der Waals surface area contributed by atoms with Crippen LogP contribution in [-0.4, -0.2) is 23.4 Å². The fourth-order valence-electron chi connectivity index (χ4n) is 2.62. The van der Waals surface area contributed by atoms with E-state index in [1.807, 2.05) is 18.2 Å². The SMILES string of the molecule is Nc1ncc2ccc(Br)cc2c1N=Nc1ccc(S(=O)(=O)Nc2ncccn2)cc1. The third kappa shape index (κ3) is 4.26. The Morgan fingerprint density at radius 2 is 1.70 bits per heavy atom. The van der Waals surface area contributed by atoms with E-state index in [0.29, 0.717) is 11.4 Å². The summed E-state index contributed by atoms with van der Waals surface area (Å²) in [5.74, 6) is 0.238. The minimum absolute atomic E-state index is 0.00800. The number of rotatable bonds is 5. The minimum Gasteiger partial charge on any atom is -0.382 e. The molecule has 0 saturated heterocycles. The van der Waals surface area contributed by atoms with Gasteiger partial charge in [0.25, 0.3) is 10.0 Å². The first-order valence-electron chi connectivity index (χ1n) is 8.58. The summed E-state index contributed by atoms with van der Waals surface area (Å²) in [5, 5.41) is 10.1. The van der Waals surface area contributed by atoms with E-state index in [1.165, 1.54) is 36.7 Å². The number of nitrogens with zero attached hydrogens (tertiary/aromatic N) is 5. The first kappa shape index (κ1) is 19.9. The number of benzene rings is 2. The maximum atomic E-state index is 12.4. The number of nitrogens with two attached hydrogens (primary N) is 1. The number of azo groups is 1. The average molecular weight is 484 g/mol. The van der Waals surface area contributed by atoms with Gasteiger partial charge in [-0.15, -0.1) is 5.11 Å². The number of sulfonamides is 1. The molecule has 2 heterocycles. The van der Waals surface area contributed by atoms with E-state index in [4.69, 9.17) is 5.73 Å². The molecule has 3 N–H and O–H groups in total. The number of nitrogens with one attached hydrogen (secondary N) is 1. The molecule has 0 unspecified atom stereocenters. The number of aromatic nitrogens is 3. The van der Waals surface area contributed by atoms with Gasteiger partial charge in [-0.05, 0) is 42.5 Å². The molecule has 0 radical (unpaired) electrons. The lowest BCUT2D eigenvalue weighted by atomic mass is 10.1. The topological polar surface area (TPSA) is 136 Å². The smallest absolute Gasteiger partial charge is 0.264 e. The molecule has 0 fully saturated rings. The highest BCUT2D eigenvalue weighted by Gasteiger charge is 2.15. The molecule has 2 aromatic heterocycles. The van der Waals surface area contributed by atoms with Gasteiger partial charge in [-0.3, -0.25) is 0 Å². The van der Waals surface area contributed by atoms with Crippen LogP contribution in [0.15, 0.2) is 86.7 Å². The molecule has 9 nitrogen and oxygen atoms in total. The highest BCUT2D eigenvalue weighted by atomic mass is 79.9. The Bertz CT molecular complexity index is 1340. The van der Waals surface area contributed by atoms with Crippen LogP contribution in [0.5, 0.6) is 0 Å². The third-order valence-electron chi connectivity index (χ3n) is 4.06. The van der Waals surface area contributed by atoms with E-state index in [1.54, 1.807) is 12.3 Å². The van der Waals surface area contributed by atoms with Gasteiger partial charge in [0.2, 0.25) is 5.95 Å². The van der Waals surface area contributed by atoms with Gasteiger partial charge in [-0.2, -0.15) is 5.11 Å². The minimum atomic E-state index is -3.82. The van der Waals surface area contributed by atoms with Crippen LogP contribution >= 0.6 is 15.9 Å². The molecule has 0 atom stereocenters. The van der Waals surface area contributed by atoms with E-state index >= 15 is 0 Å². The van der Waals surface area contributed by atoms with Crippen LogP contribution in [0.3, 0.4) is 0 Å². The predicted molar refractivity (Wildman–Crippen MR) is 117 cm³/mol. The lowest BCUT2D eigenvalue weighted by Gasteiger charge is -2.06. The molecule has 11 heteroatoms. The molecule has 150 valence electrons. The van der Waals surface area contributed by atoms with Gasteiger partial charge in [0.1, 0.15) is 5.69 Å². The second-order valence-electron chi connectivity index (χ2n) is 6.10. The van der Waals surface area contributed by atoms with E-state index in [0.717, 1.165) is 15.2 Å². The van der Waals surface area contributed by atoms with Crippen molar-refractivity contribution in [1.29, 1.82) is 0 Å². The van der Waals surface area contributed by atoms with Crippen LogP contribution in [-0.2, 0) is 10.0 Å². The number of hydrogen-bond acceptors (Lipinski definition) is 8. The Balaban J connectivity index is 1.60. The predicted octanol–water partition coefficient (Wildman–Crippen LogP) is 4.59. The summed E-state index contributed by atoms with van der Waals surface area (Å²) in [7, 11) is -3.82. The standard InChI is InChI=1S/C19H14BrN7O2S/c20-13-3-2-12-11-24-18(21)17(16(12)10-13)26-25-14-4-6-15(7-5-14)30(28,29)27-19-22-8-1-9-23-19/h1-11H,(H2,21,24)(H,22,23,27). The molecule has 30 heavy (non-hydrogen) atoms. The fourth-order valence-corrected chi connectivity index (χ4v) is 3.94. The van der Waals surface area contributed by atoms with E-state index in [9.17, 15) is 8.42 Å². The first-order valence-corrected chi connectivity index (χ1v) is 10.9. The molecule has 0 aliphatic rings. The van der Waals surface area contributed by atoms with Crippen molar-refractivity contribution in [3.63, 3.8) is 0 Å². The zero-order valence-corrected chi connectivity index (χ0v) is 17.7. The summed E-state index contributed by atoms with van der Waals surface area (Å²) < 4.78 is 28.1. The Morgan fingerprint density at radius 1 is 0.967 bits per heavy atom. The summed E-state index contributed by atoms with van der Waals surface area (Å²) in [6, 6.07) is 13.2. The van der Waals surface area contributed by atoms with Crippen molar-refractivity contribution in [3.05, 3.63) is 71.6 Å². The number of pyridine rings is 1. The zero-order chi connectivity index (χ0) is 21.1. The molecule has 4 rings (SSSR count). The normalized spacial score (nSPS) is 11.8. The maximum absolute atomic E-state index is 12.4. The van der Waals surface area contributed by atoms with Crippen LogP contribution in [0, 0.1) is 0 Å². The lowest BCUT2D eigenvalue weighted by molar-refractivity contribution is 0.601. The first-order chi connectivity index (χ1) is 14.4. The Kier molecular flexibility index (Phi) is 5.38. The van der Waals surface area contributed by atoms with Gasteiger partial charge in [0, 0.05) is 33.8 Å². The second-order valence-corrected chi connectivity index (χ2v) is 8.69. The maximum Gasteiger partial charge on any atom is 0.264 e. The molecule has 0 saturated carbocycles. The van der Waals surface area contributed by atoms with Crippen molar-refractivity contribution in [1.82, 2.24) is 15.0 Å². The lowest BCUT2D eigenvalue weighted by Crippen LogP contribution is -2.14. The highest BCUT2D eigenvalue weighted by molar-refractivity contribution is 9.10. The Hall–Kier alpha value is -3.44. The number of hydrogen-bond donors (Lipinski definition) is 2. The van der Waals surface area contributed by atoms with Crippen molar-refractivity contribution in [2.24, 2.45) is 10.2 Å². The van der Waals surface area contributed by atoms with Gasteiger partial charge in [-0.1, -0.05) is 22.0 Å². The Labute approximate surface area is 180 Å². The van der Waals surface area contributed by atoms with Crippen LogP contribution < -0.4 is 10.5 Å². The third-order valence-corrected chi connectivity index (χ3v) is 5.90. The van der Waals surface area contributed by atoms with Gasteiger partial charge in [0.15, 0.2) is 5.82 Å². The number of halogens is 1. The van der Waals surface area contributed by atoms with Crippen LogP contribution in [0.25, 0.3) is 10.8 Å². The molecule has 0 aliphatic carbocycles. The van der Waals surface area contributed by atoms with Crippen molar-refractivity contribution >= 4 is 59.9 Å². The van der Waals surface area contributed by atoms with Crippen molar-refractivity contribution < 1.29 is 8.42 Å². The summed E-state index contributed by atoms with van der Waals surface area (Å²) in [4.78, 5) is 11.9. The molecule has 0 bridgehead atoms. The molecule has 2 aromatic carbocycles. The largest absolute Gasteiger partial charge is 0.382 e. The number of nitrogen functional groups attached to an aromatic ring is 1. The number of anilines is 2. The van der Waals surface area contributed by atoms with E-state index in [2.05, 4.69) is 45.8 Å². The zero-order valence-electron chi connectivity index (χ0n) is 15.3. The van der Waals surface area contributed by atoms with Crippen molar-refractivity contribution in [2.45, 2.75) is 4.90 Å². The highest BCUT2D eigenvalue weighted by Crippen LogP contribution is 2.33. The second kappa shape index (κ2) is 8.13. The van der Waals surface area contributed by atoms with E-state index < -0.39 is 10.0 Å². The fraction of sp³-hybridized carbons (Fsp3) is 0. The summed E-state index contributed by atoms with van der Waals surface area (Å²) >= 11 is 3.43. The average Bonchev–Trinajstić information content (AvgIpc) is 2.74. The van der Waals surface area contributed by atoms with Crippen LogP contribution in [0.4, 0.5) is 23.1 Å². The monoisotopic (exact) mass is 483 g/mol. The molecule has 0 amide bonds. The summed E-state index contributed by atoms with van der Waals surface area (Å²) in [6.45, 7) is 0. The molecule has 4 aromatic rings. The molecule has 0 spiro atoms. The van der Waals surface area contributed by atoms with Crippen molar-refractivity contribution in [2.75, 3.05) is 10.5 Å². The molecule has 0 aliphatic heterocycles. The summed E-state index contributed by atoms with van der Waals surface area (Å²) in [5.41, 5.74) is 6.87. The van der Waals surface area contributed by atoms with Crippen LogP contribution in [0.2, 0.25) is 0 Å². The van der Waals surface area contributed by atoms with Gasteiger partial charge in [-0.25, -0.2) is 28.1 Å². The quantitative estimate of drug-likeness (QED) is 0.398. The van der Waals surface area contributed by atoms with Gasteiger partial charge in [0.05, 0.1) is 10.6 Å². The van der Waals surface area contributed by atoms with Crippen molar-refractivity contribution in [3.8, 4) is 0 Å². The number of fused-ring (bicyclic) bond motifs is 1. The summed E-state index contributed by atoms with van der Waals surface area (Å²) in [6.07, 6.45) is 4.56. The van der Waals surface area contributed by atoms with Crippen LogP contribution in [0.1, 0.15) is 0 Å². The Morgan fingerprint density at radius 3 is 2.43 bits per heavy atom. The molecular formula is C19H14BrN7O2S. The van der Waals surface area contributed by atoms with Gasteiger partial charge >= 0.3 is 0 Å². The molecular weight excluding hydrogens is 470 g/mol. The van der Waals surface area contributed by atoms with Gasteiger partial charge < -0.3 is 5.73 Å².